The summed E-state index contributed by atoms with van der Waals surface area (Å²) in [7, 11) is -4.15. The summed E-state index contributed by atoms with van der Waals surface area (Å²) in [6.07, 6.45) is -1.17. The van der Waals surface area contributed by atoms with Crippen LogP contribution in [-0.2, 0) is 30.9 Å². The number of nitrogens with zero attached hydrogens (tertiary/aromatic N) is 1. The monoisotopic (exact) mass is 490 g/mol. The molecular formula is C23H26N2O8S. The fourth-order valence-corrected chi connectivity index (χ4v) is 5.42. The number of esters is 1. The third-order valence-corrected chi connectivity index (χ3v) is 7.45. The topological polar surface area (TPSA) is 131 Å². The lowest BCUT2D eigenvalue weighted by atomic mass is 10.1. The normalized spacial score (nSPS) is 20.1. The molecule has 10 nitrogen and oxygen atoms in total. The van der Waals surface area contributed by atoms with Gasteiger partial charge in [-0.2, -0.15) is 4.31 Å². The number of hydrogen-bond donors (Lipinski definition) is 2. The zero-order chi connectivity index (χ0) is 24.3. The number of carbonyl (C=O) groups excluding carboxylic acids is 2. The molecule has 0 bridgehead atoms. The van der Waals surface area contributed by atoms with Crippen LogP contribution in [0.5, 0.6) is 11.5 Å². The molecule has 4 rings (SSSR count). The van der Waals surface area contributed by atoms with Crippen LogP contribution >= 0.6 is 0 Å². The van der Waals surface area contributed by atoms with E-state index in [0.29, 0.717) is 19.0 Å². The third kappa shape index (κ3) is 5.32. The number of aliphatic hydroxyl groups excluding tert-OH is 1. The van der Waals surface area contributed by atoms with Crippen molar-refractivity contribution in [3.8, 4) is 11.5 Å². The standard InChI is InChI=1S/C23H26N2O8S/c1-15-2-4-16(5-3-15)12-24-22(27)14-33-23(28)19-10-17(26)13-25(19)34(29,30)18-6-7-20-21(11-18)32-9-8-31-20/h2-7,11,17,19,26H,8-10,12-14H2,1H3,(H,24,27)/t17?,19-/m0/s1. The molecule has 182 valence electrons. The van der Waals surface area contributed by atoms with E-state index in [1.165, 1.54) is 18.2 Å². The van der Waals surface area contributed by atoms with Crippen LogP contribution in [0.25, 0.3) is 0 Å². The van der Waals surface area contributed by atoms with E-state index in [2.05, 4.69) is 5.32 Å². The van der Waals surface area contributed by atoms with Gasteiger partial charge in [0.2, 0.25) is 10.0 Å². The molecule has 11 heteroatoms. The Morgan fingerprint density at radius 1 is 1.12 bits per heavy atom. The zero-order valence-corrected chi connectivity index (χ0v) is 19.4. The number of fused-ring (bicyclic) bond motifs is 1. The van der Waals surface area contributed by atoms with Crippen molar-refractivity contribution < 1.29 is 37.3 Å². The van der Waals surface area contributed by atoms with Gasteiger partial charge >= 0.3 is 5.97 Å². The van der Waals surface area contributed by atoms with Gasteiger partial charge in [0.1, 0.15) is 19.3 Å². The first-order chi connectivity index (χ1) is 16.2. The van der Waals surface area contributed by atoms with Gasteiger partial charge in [-0.1, -0.05) is 29.8 Å². The molecule has 2 aromatic carbocycles. The number of amides is 1. The summed E-state index contributed by atoms with van der Waals surface area (Å²) < 4.78 is 43.3. The highest BCUT2D eigenvalue weighted by Gasteiger charge is 2.44. The number of hydrogen-bond acceptors (Lipinski definition) is 8. The fraction of sp³-hybridized carbons (Fsp3) is 0.391. The molecule has 2 aliphatic heterocycles. The van der Waals surface area contributed by atoms with E-state index in [0.717, 1.165) is 15.4 Å². The van der Waals surface area contributed by atoms with E-state index in [-0.39, 0.29) is 30.2 Å². The molecule has 0 saturated carbocycles. The molecular weight excluding hydrogens is 464 g/mol. The van der Waals surface area contributed by atoms with Crippen molar-refractivity contribution in [1.82, 2.24) is 9.62 Å². The molecule has 0 aliphatic carbocycles. The maximum Gasteiger partial charge on any atom is 0.325 e. The lowest BCUT2D eigenvalue weighted by Gasteiger charge is -2.24. The van der Waals surface area contributed by atoms with Crippen molar-refractivity contribution in [3.05, 3.63) is 53.6 Å². The Bertz CT molecular complexity index is 1170. The smallest absolute Gasteiger partial charge is 0.325 e. The number of carbonyl (C=O) groups is 2. The quantitative estimate of drug-likeness (QED) is 0.544. The van der Waals surface area contributed by atoms with Gasteiger partial charge in [-0.3, -0.25) is 9.59 Å². The molecule has 34 heavy (non-hydrogen) atoms. The van der Waals surface area contributed by atoms with E-state index in [1.54, 1.807) is 0 Å². The summed E-state index contributed by atoms with van der Waals surface area (Å²) >= 11 is 0. The highest BCUT2D eigenvalue weighted by molar-refractivity contribution is 7.89. The molecule has 2 atom stereocenters. The lowest BCUT2D eigenvalue weighted by Crippen LogP contribution is -2.42. The average Bonchev–Trinajstić information content (AvgIpc) is 3.24. The summed E-state index contributed by atoms with van der Waals surface area (Å²) in [5.41, 5.74) is 1.99. The first-order valence-electron chi connectivity index (χ1n) is 10.8. The molecule has 2 heterocycles. The van der Waals surface area contributed by atoms with Crippen molar-refractivity contribution in [2.75, 3.05) is 26.4 Å². The number of rotatable bonds is 7. The molecule has 2 aliphatic rings. The van der Waals surface area contributed by atoms with E-state index in [9.17, 15) is 23.1 Å². The van der Waals surface area contributed by atoms with E-state index < -0.39 is 40.7 Å². The summed E-state index contributed by atoms with van der Waals surface area (Å²) in [5.74, 6) is -0.701. The minimum absolute atomic E-state index is 0.0977. The van der Waals surface area contributed by atoms with E-state index >= 15 is 0 Å². The first-order valence-corrected chi connectivity index (χ1v) is 12.3. The third-order valence-electron chi connectivity index (χ3n) is 5.58. The number of aliphatic hydroxyl groups is 1. The van der Waals surface area contributed by atoms with Crippen molar-refractivity contribution in [1.29, 1.82) is 0 Å². The predicted octanol–water partition coefficient (Wildman–Crippen LogP) is 0.750. The molecule has 1 saturated heterocycles. The molecule has 0 spiro atoms. The zero-order valence-electron chi connectivity index (χ0n) is 18.6. The Balaban J connectivity index is 1.38. The van der Waals surface area contributed by atoms with Gasteiger partial charge < -0.3 is 24.6 Å². The van der Waals surface area contributed by atoms with Crippen LogP contribution in [0.4, 0.5) is 0 Å². The minimum atomic E-state index is -4.15. The van der Waals surface area contributed by atoms with Gasteiger partial charge in [-0.05, 0) is 24.6 Å². The fourth-order valence-electron chi connectivity index (χ4n) is 3.77. The van der Waals surface area contributed by atoms with Gasteiger partial charge in [0.15, 0.2) is 18.1 Å². The highest BCUT2D eigenvalue weighted by atomic mass is 32.2. The van der Waals surface area contributed by atoms with Gasteiger partial charge in [0.25, 0.3) is 5.91 Å². The second kappa shape index (κ2) is 10.00. The molecule has 1 unspecified atom stereocenters. The van der Waals surface area contributed by atoms with Crippen molar-refractivity contribution in [3.63, 3.8) is 0 Å². The Labute approximate surface area is 197 Å². The Kier molecular flexibility index (Phi) is 7.05. The van der Waals surface area contributed by atoms with Crippen molar-refractivity contribution in [2.24, 2.45) is 0 Å². The number of sulfonamides is 1. The Morgan fingerprint density at radius 2 is 1.82 bits per heavy atom. The van der Waals surface area contributed by atoms with Crippen LogP contribution in [0.2, 0.25) is 0 Å². The lowest BCUT2D eigenvalue weighted by molar-refractivity contribution is -0.151. The predicted molar refractivity (Wildman–Crippen MR) is 120 cm³/mol. The summed E-state index contributed by atoms with van der Waals surface area (Å²) in [6.45, 7) is 2.05. The second-order valence-corrected chi connectivity index (χ2v) is 10.0. The number of β-amino-alcohol motifs (C(OH)–C–C–N with tert-alkyl or cyclic N) is 1. The van der Waals surface area contributed by atoms with Gasteiger partial charge in [-0.15, -0.1) is 0 Å². The van der Waals surface area contributed by atoms with E-state index in [4.69, 9.17) is 14.2 Å². The van der Waals surface area contributed by atoms with Crippen LogP contribution in [0.3, 0.4) is 0 Å². The second-order valence-electron chi connectivity index (χ2n) is 8.16. The maximum atomic E-state index is 13.2. The molecule has 1 fully saturated rings. The SMILES string of the molecule is Cc1ccc(CNC(=O)COC(=O)[C@@H]2CC(O)CN2S(=O)(=O)c2ccc3c(c2)OCCO3)cc1. The minimum Gasteiger partial charge on any atom is -0.486 e. The van der Waals surface area contributed by atoms with Crippen molar-refractivity contribution >= 4 is 21.9 Å². The summed E-state index contributed by atoms with van der Waals surface area (Å²) in [5, 5.41) is 12.7. The number of nitrogens with one attached hydrogen (secondary N) is 1. The van der Waals surface area contributed by atoms with Gasteiger partial charge in [-0.25, -0.2) is 8.42 Å². The van der Waals surface area contributed by atoms with Crippen LogP contribution in [0.1, 0.15) is 17.5 Å². The number of ether oxygens (including phenoxy) is 3. The maximum absolute atomic E-state index is 13.2. The molecule has 0 aromatic heterocycles. The first kappa shape index (κ1) is 24.0. The van der Waals surface area contributed by atoms with Crippen LogP contribution in [0, 0.1) is 6.92 Å². The number of aryl methyl sites for hydroxylation is 1. The number of benzene rings is 2. The molecule has 2 aromatic rings. The Hall–Kier alpha value is -3.15. The summed E-state index contributed by atoms with van der Waals surface area (Å²) in [6, 6.07) is 10.5. The molecule has 0 radical (unpaired) electrons. The van der Waals surface area contributed by atoms with Crippen LogP contribution < -0.4 is 14.8 Å². The largest absolute Gasteiger partial charge is 0.486 e. The molecule has 1 amide bonds. The van der Waals surface area contributed by atoms with Crippen LogP contribution in [0.15, 0.2) is 47.4 Å². The van der Waals surface area contributed by atoms with Crippen LogP contribution in [-0.4, -0.2) is 68.2 Å². The van der Waals surface area contributed by atoms with Gasteiger partial charge in [0, 0.05) is 25.6 Å². The van der Waals surface area contributed by atoms with Crippen molar-refractivity contribution in [2.45, 2.75) is 36.9 Å². The highest BCUT2D eigenvalue weighted by Crippen LogP contribution is 2.35. The van der Waals surface area contributed by atoms with E-state index in [1.807, 2.05) is 31.2 Å². The Morgan fingerprint density at radius 3 is 2.56 bits per heavy atom. The molecule has 2 N–H and O–H groups in total. The summed E-state index contributed by atoms with van der Waals surface area (Å²) in [4.78, 5) is 24.7. The van der Waals surface area contributed by atoms with Gasteiger partial charge in [0.05, 0.1) is 11.0 Å². The average molecular weight is 491 g/mol.